The molecule has 0 unspecified atom stereocenters. The zero-order valence-corrected chi connectivity index (χ0v) is 45.3. The number of rotatable bonds is 56. The van der Waals surface area contributed by atoms with Crippen LogP contribution in [0.15, 0.2) is 0 Å². The number of hydrogen-bond acceptors (Lipinski definition) is 6. The molecule has 0 aliphatic heterocycles. The molecular weight excluding hydrogens is 824 g/mol. The molecule has 0 amide bonds. The second-order valence-corrected chi connectivity index (χ2v) is 24.5. The van der Waals surface area contributed by atoms with Crippen LogP contribution in [0.4, 0.5) is 0 Å². The Balaban J connectivity index is 4.08. The lowest BCUT2D eigenvalue weighted by atomic mass is 10.0. The van der Waals surface area contributed by atoms with Crippen LogP contribution in [0.2, 0.25) is 0 Å². The van der Waals surface area contributed by atoms with Gasteiger partial charge in [0.2, 0.25) is 0 Å². The summed E-state index contributed by atoms with van der Waals surface area (Å²) in [6.45, 7) is 8.01. The highest BCUT2D eigenvalue weighted by molar-refractivity contribution is 7.99. The minimum atomic E-state index is -3.04. The van der Waals surface area contributed by atoms with Crippen LogP contribution in [-0.2, 0) is 13.6 Å². The molecule has 0 bridgehead atoms. The summed E-state index contributed by atoms with van der Waals surface area (Å²) in [5, 5.41) is 0. The Hall–Kier alpha value is 1.20. The molecule has 0 radical (unpaired) electrons. The van der Waals surface area contributed by atoms with Gasteiger partial charge in [0.05, 0.1) is 19.4 Å². The van der Waals surface area contributed by atoms with Crippen LogP contribution < -0.4 is 0 Å². The largest absolute Gasteiger partial charge is 0.331 e. The van der Waals surface area contributed by atoms with Gasteiger partial charge < -0.3 is 9.05 Å². The first kappa shape index (κ1) is 62.2. The zero-order valence-electron chi connectivity index (χ0n) is 42.0. The molecular formula is C54H111O3PS3. The Kier molecular flexibility index (Phi) is 56.6. The summed E-state index contributed by atoms with van der Waals surface area (Å²) in [4.78, 5) is 0. The van der Waals surface area contributed by atoms with Crippen molar-refractivity contribution in [3.05, 3.63) is 0 Å². The van der Waals surface area contributed by atoms with Gasteiger partial charge in [-0.2, -0.15) is 35.3 Å². The van der Waals surface area contributed by atoms with E-state index in [4.69, 9.17) is 9.05 Å². The van der Waals surface area contributed by atoms with Crippen molar-refractivity contribution >= 4 is 42.9 Å². The number of unbranched alkanes of at least 4 members (excludes halogenated alkanes) is 39. The fourth-order valence-corrected chi connectivity index (χ4v) is 13.3. The van der Waals surface area contributed by atoms with Gasteiger partial charge in [0, 0.05) is 17.3 Å². The third-order valence-corrected chi connectivity index (χ3v) is 17.8. The molecule has 0 aromatic rings. The maximum atomic E-state index is 13.8. The highest BCUT2D eigenvalue weighted by Gasteiger charge is 2.24. The van der Waals surface area contributed by atoms with Gasteiger partial charge in [0.1, 0.15) is 0 Å². The molecule has 0 rings (SSSR count). The van der Waals surface area contributed by atoms with Crippen molar-refractivity contribution in [3.8, 4) is 0 Å². The molecule has 0 heterocycles. The van der Waals surface area contributed by atoms with Crippen LogP contribution in [0.5, 0.6) is 0 Å². The molecule has 0 spiro atoms. The number of thioether (sulfide) groups is 3. The summed E-state index contributed by atoms with van der Waals surface area (Å²) in [6.07, 6.45) is 59.6. The van der Waals surface area contributed by atoms with E-state index >= 15 is 0 Å². The van der Waals surface area contributed by atoms with Crippen molar-refractivity contribution in [2.24, 2.45) is 0 Å². The predicted molar refractivity (Wildman–Crippen MR) is 287 cm³/mol. The quantitative estimate of drug-likeness (QED) is 0.0447. The first-order chi connectivity index (χ1) is 30.2. The zero-order chi connectivity index (χ0) is 44.1. The van der Waals surface area contributed by atoms with Crippen LogP contribution in [0.25, 0.3) is 0 Å². The highest BCUT2D eigenvalue weighted by atomic mass is 32.2. The fraction of sp³-hybridized carbons (Fsp3) is 1.00. The smallest absolute Gasteiger partial charge is 0.308 e. The van der Waals surface area contributed by atoms with E-state index in [2.05, 4.69) is 20.8 Å². The molecule has 0 atom stereocenters. The van der Waals surface area contributed by atoms with Crippen molar-refractivity contribution in [3.63, 3.8) is 0 Å². The third kappa shape index (κ3) is 53.7. The van der Waals surface area contributed by atoms with Crippen molar-refractivity contribution < 1.29 is 13.6 Å². The molecule has 61 heavy (non-hydrogen) atoms. The third-order valence-electron chi connectivity index (χ3n) is 12.5. The van der Waals surface area contributed by atoms with E-state index in [0.717, 1.165) is 17.3 Å². The Morgan fingerprint density at radius 3 is 0.689 bits per heavy atom. The lowest BCUT2D eigenvalue weighted by Crippen LogP contribution is -2.07. The van der Waals surface area contributed by atoms with Gasteiger partial charge in [-0.05, 0) is 36.5 Å². The van der Waals surface area contributed by atoms with Crippen molar-refractivity contribution in [2.45, 2.75) is 290 Å². The van der Waals surface area contributed by atoms with E-state index in [1.54, 1.807) is 0 Å². The second-order valence-electron chi connectivity index (χ2n) is 18.6. The first-order valence-corrected chi connectivity index (χ1v) is 33.0. The monoisotopic (exact) mass is 935 g/mol. The van der Waals surface area contributed by atoms with Crippen molar-refractivity contribution in [1.29, 1.82) is 0 Å². The summed E-state index contributed by atoms with van der Waals surface area (Å²) in [5.41, 5.74) is 0. The predicted octanol–water partition coefficient (Wildman–Crippen LogP) is 20.9. The van der Waals surface area contributed by atoms with E-state index in [-0.39, 0.29) is 0 Å². The minimum Gasteiger partial charge on any atom is -0.308 e. The molecule has 0 fully saturated rings. The van der Waals surface area contributed by atoms with E-state index < -0.39 is 7.60 Å². The molecule has 0 saturated heterocycles. The average Bonchev–Trinajstić information content (AvgIpc) is 3.26. The van der Waals surface area contributed by atoms with Gasteiger partial charge in [0.15, 0.2) is 0 Å². The summed E-state index contributed by atoms with van der Waals surface area (Å²) < 4.78 is 26.1. The molecule has 0 aliphatic carbocycles. The van der Waals surface area contributed by atoms with Crippen LogP contribution in [0.3, 0.4) is 0 Å². The summed E-state index contributed by atoms with van der Waals surface area (Å²) in [6, 6.07) is 0. The standard InChI is InChI=1S/C54H111O3PS3/c1-4-7-10-13-16-19-22-25-28-31-34-37-40-43-49-59-52-46-56-58(55,48-54-61-51-45-42-39-36-33-30-27-24-21-18-15-12-9-6-3)57-47-53-60-50-44-41-38-35-32-29-26-23-20-17-14-11-8-5-2/h4-54H2,1-3H3. The second kappa shape index (κ2) is 55.5. The average molecular weight is 936 g/mol. The molecule has 7 heteroatoms. The Morgan fingerprint density at radius 2 is 0.459 bits per heavy atom. The van der Waals surface area contributed by atoms with Gasteiger partial charge >= 0.3 is 7.60 Å². The van der Waals surface area contributed by atoms with Crippen molar-refractivity contribution in [1.82, 2.24) is 0 Å². The molecule has 0 aromatic heterocycles. The van der Waals surface area contributed by atoms with Gasteiger partial charge in [-0.3, -0.25) is 4.57 Å². The Labute approximate surface area is 398 Å². The lowest BCUT2D eigenvalue weighted by Gasteiger charge is -2.18. The molecule has 0 aromatic carbocycles. The maximum Gasteiger partial charge on any atom is 0.331 e. The van der Waals surface area contributed by atoms with Crippen LogP contribution >= 0.6 is 42.9 Å². The van der Waals surface area contributed by atoms with Gasteiger partial charge in [-0.25, -0.2) is 0 Å². The summed E-state index contributed by atoms with van der Waals surface area (Å²) in [5.74, 6) is 6.28. The molecule has 0 saturated carbocycles. The van der Waals surface area contributed by atoms with E-state index in [0.29, 0.717) is 19.4 Å². The minimum absolute atomic E-state index is 0.552. The molecule has 3 nitrogen and oxygen atoms in total. The Morgan fingerprint density at radius 1 is 0.262 bits per heavy atom. The van der Waals surface area contributed by atoms with Crippen LogP contribution in [0.1, 0.15) is 290 Å². The van der Waals surface area contributed by atoms with Gasteiger partial charge in [-0.15, -0.1) is 0 Å². The van der Waals surface area contributed by atoms with Crippen LogP contribution in [0, 0.1) is 0 Å². The molecule has 0 N–H and O–H groups in total. The topological polar surface area (TPSA) is 35.5 Å². The highest BCUT2D eigenvalue weighted by Crippen LogP contribution is 2.48. The lowest BCUT2D eigenvalue weighted by molar-refractivity contribution is 0.224. The van der Waals surface area contributed by atoms with E-state index in [1.807, 2.05) is 35.3 Å². The molecule has 368 valence electrons. The maximum absolute atomic E-state index is 13.8. The fourth-order valence-electron chi connectivity index (χ4n) is 8.32. The SMILES string of the molecule is CCCCCCCCCCCCCCCCSCCOP(=O)(CCSCCCCCCCCCCCCCCCC)OCCSCCCCCCCCCCCCCCCC. The normalized spacial score (nSPS) is 12.0. The molecule has 0 aliphatic rings. The summed E-state index contributed by atoms with van der Waals surface area (Å²) in [7, 11) is -3.04. The van der Waals surface area contributed by atoms with Gasteiger partial charge in [0.25, 0.3) is 0 Å². The van der Waals surface area contributed by atoms with Crippen molar-refractivity contribution in [2.75, 3.05) is 53.9 Å². The van der Waals surface area contributed by atoms with Crippen LogP contribution in [-0.4, -0.2) is 53.9 Å². The summed E-state index contributed by atoms with van der Waals surface area (Å²) >= 11 is 5.89. The number of hydrogen-bond donors (Lipinski definition) is 0. The Bertz CT molecular complexity index is 789. The first-order valence-electron chi connectivity index (χ1n) is 27.8. The van der Waals surface area contributed by atoms with Gasteiger partial charge in [-0.1, -0.05) is 271 Å². The van der Waals surface area contributed by atoms with E-state index in [1.165, 1.54) is 287 Å². The van der Waals surface area contributed by atoms with E-state index in [9.17, 15) is 4.57 Å².